The summed E-state index contributed by atoms with van der Waals surface area (Å²) in [6.07, 6.45) is 4.30. The molecule has 0 aromatic rings. The van der Waals surface area contributed by atoms with Crippen LogP contribution in [0.25, 0.3) is 0 Å². The summed E-state index contributed by atoms with van der Waals surface area (Å²) in [7, 11) is 0. The maximum Gasteiger partial charge on any atom is 0.322 e. The molecule has 2 rings (SSSR count). The number of hydrogen-bond acceptors (Lipinski definition) is 3. The van der Waals surface area contributed by atoms with Gasteiger partial charge in [-0.2, -0.15) is 0 Å². The van der Waals surface area contributed by atoms with Gasteiger partial charge in [0.2, 0.25) is 0 Å². The smallest absolute Gasteiger partial charge is 0.322 e. The molecule has 2 saturated carbocycles. The van der Waals surface area contributed by atoms with E-state index in [2.05, 4.69) is 22.6 Å². The van der Waals surface area contributed by atoms with Crippen LogP contribution in [-0.2, 0) is 9.53 Å². The summed E-state index contributed by atoms with van der Waals surface area (Å²) >= 11 is 2.17. The van der Waals surface area contributed by atoms with Gasteiger partial charge in [-0.1, -0.05) is 36.4 Å². The number of fused-ring (bicyclic) bond motifs is 2. The Morgan fingerprint density at radius 3 is 2.61 bits per heavy atom. The third-order valence-electron chi connectivity index (χ3n) is 4.97. The van der Waals surface area contributed by atoms with Crippen LogP contribution in [0.15, 0.2) is 0 Å². The van der Waals surface area contributed by atoms with Crippen LogP contribution in [0.1, 0.15) is 52.9 Å². The van der Waals surface area contributed by atoms with Crippen molar-refractivity contribution < 1.29 is 14.6 Å². The van der Waals surface area contributed by atoms with E-state index >= 15 is 0 Å². The number of rotatable bonds is 4. The molecule has 4 heteroatoms. The molecule has 3 nitrogen and oxygen atoms in total. The molecule has 0 heterocycles. The second kappa shape index (κ2) is 4.93. The minimum Gasteiger partial charge on any atom is -0.461 e. The number of carbonyl (C=O) groups is 1. The average Bonchev–Trinajstić information content (AvgIpc) is 2.86. The van der Waals surface area contributed by atoms with Crippen LogP contribution in [0.4, 0.5) is 0 Å². The Balaban J connectivity index is 1.95. The minimum absolute atomic E-state index is 0.0370. The van der Waals surface area contributed by atoms with Gasteiger partial charge in [0.05, 0.1) is 5.60 Å². The maximum atomic E-state index is 12.1. The van der Waals surface area contributed by atoms with Crippen LogP contribution in [-0.4, -0.2) is 26.2 Å². The lowest BCUT2D eigenvalue weighted by Gasteiger charge is -2.35. The van der Waals surface area contributed by atoms with E-state index in [1.165, 1.54) is 0 Å². The first-order valence-corrected chi connectivity index (χ1v) is 8.02. The molecule has 104 valence electrons. The Bertz CT molecular complexity index is 342. The van der Waals surface area contributed by atoms with E-state index in [1.807, 2.05) is 20.8 Å². The molecule has 18 heavy (non-hydrogen) atoms. The minimum atomic E-state index is -0.494. The highest BCUT2D eigenvalue weighted by atomic mass is 127. The molecule has 5 unspecified atom stereocenters. The molecule has 0 spiro atoms. The Kier molecular flexibility index (Phi) is 3.99. The molecule has 0 amide bonds. The van der Waals surface area contributed by atoms with Gasteiger partial charge in [0, 0.05) is 0 Å². The lowest BCUT2D eigenvalue weighted by molar-refractivity contribution is -0.156. The molecule has 0 aromatic heterocycles. The van der Waals surface area contributed by atoms with E-state index in [4.69, 9.17) is 4.74 Å². The fraction of sp³-hybridized carbons (Fsp3) is 0.929. The number of carbonyl (C=O) groups excluding carboxylic acids is 1. The van der Waals surface area contributed by atoms with Crippen LogP contribution < -0.4 is 0 Å². The maximum absolute atomic E-state index is 12.1. The zero-order valence-electron chi connectivity index (χ0n) is 11.4. The normalized spacial score (nSPS) is 41.7. The fourth-order valence-corrected chi connectivity index (χ4v) is 3.47. The van der Waals surface area contributed by atoms with Gasteiger partial charge in [-0.15, -0.1) is 0 Å². The zero-order valence-corrected chi connectivity index (χ0v) is 13.6. The second-order valence-electron chi connectivity index (χ2n) is 6.08. The molecule has 2 aliphatic rings. The van der Waals surface area contributed by atoms with E-state index < -0.39 is 9.02 Å². The third-order valence-corrected chi connectivity index (χ3v) is 6.17. The van der Waals surface area contributed by atoms with Gasteiger partial charge in [-0.05, 0) is 50.9 Å². The van der Waals surface area contributed by atoms with Crippen molar-refractivity contribution in [3.8, 4) is 0 Å². The van der Waals surface area contributed by atoms with Crippen LogP contribution >= 0.6 is 22.6 Å². The predicted molar refractivity (Wildman–Crippen MR) is 78.7 cm³/mol. The number of ether oxygens (including phenoxy) is 1. The van der Waals surface area contributed by atoms with Crippen LogP contribution in [0.5, 0.6) is 0 Å². The molecule has 1 N–H and O–H groups in total. The van der Waals surface area contributed by atoms with Crippen molar-refractivity contribution >= 4 is 28.6 Å². The molecule has 0 radical (unpaired) electrons. The molecule has 2 bridgehead atoms. The van der Waals surface area contributed by atoms with Crippen LogP contribution in [0, 0.1) is 11.8 Å². The van der Waals surface area contributed by atoms with Crippen molar-refractivity contribution in [1.82, 2.24) is 0 Å². The molecule has 2 aliphatic carbocycles. The molecule has 0 aliphatic heterocycles. The largest absolute Gasteiger partial charge is 0.461 e. The first-order chi connectivity index (χ1) is 8.32. The predicted octanol–water partition coefficient (Wildman–Crippen LogP) is 3.07. The fourth-order valence-electron chi connectivity index (χ4n) is 3.34. The van der Waals surface area contributed by atoms with Crippen molar-refractivity contribution in [2.24, 2.45) is 11.8 Å². The van der Waals surface area contributed by atoms with Crippen LogP contribution in [0.3, 0.4) is 0 Å². The van der Waals surface area contributed by atoms with Gasteiger partial charge in [0.15, 0.2) is 0 Å². The molecule has 2 fully saturated rings. The van der Waals surface area contributed by atoms with Gasteiger partial charge in [-0.3, -0.25) is 4.79 Å². The molecule has 0 saturated heterocycles. The number of halogens is 1. The van der Waals surface area contributed by atoms with Crippen molar-refractivity contribution in [2.45, 2.75) is 68.0 Å². The highest BCUT2D eigenvalue weighted by molar-refractivity contribution is 14.1. The first-order valence-electron chi connectivity index (χ1n) is 6.94. The van der Waals surface area contributed by atoms with E-state index in [0.717, 1.165) is 32.1 Å². The third kappa shape index (κ3) is 2.42. The topological polar surface area (TPSA) is 46.5 Å². The van der Waals surface area contributed by atoms with Gasteiger partial charge < -0.3 is 9.84 Å². The number of aliphatic hydroxyl groups is 1. The molecule has 0 aromatic carbocycles. The summed E-state index contributed by atoms with van der Waals surface area (Å²) in [4.78, 5) is 12.1. The van der Waals surface area contributed by atoms with Crippen molar-refractivity contribution in [1.29, 1.82) is 0 Å². The second-order valence-corrected chi connectivity index (χ2v) is 8.47. The Morgan fingerprint density at radius 2 is 2.17 bits per heavy atom. The van der Waals surface area contributed by atoms with Gasteiger partial charge in [0.1, 0.15) is 9.53 Å². The number of alkyl halides is 1. The lowest BCUT2D eigenvalue weighted by Crippen LogP contribution is -2.41. The summed E-state index contributed by atoms with van der Waals surface area (Å²) in [5, 5.41) is 10.4. The SMILES string of the molecule is CCC(C)(I)C(=O)OC1CC2CC1CC2(O)CC. The van der Waals surface area contributed by atoms with Gasteiger partial charge in [0.25, 0.3) is 0 Å². The summed E-state index contributed by atoms with van der Waals surface area (Å²) < 4.78 is 5.27. The zero-order chi connectivity index (χ0) is 13.6. The summed E-state index contributed by atoms with van der Waals surface area (Å²) in [5.41, 5.74) is -0.494. The molecular weight excluding hydrogens is 343 g/mol. The number of esters is 1. The van der Waals surface area contributed by atoms with Gasteiger partial charge >= 0.3 is 5.97 Å². The highest BCUT2D eigenvalue weighted by Gasteiger charge is 2.55. The summed E-state index contributed by atoms with van der Waals surface area (Å²) in [6, 6.07) is 0. The van der Waals surface area contributed by atoms with Crippen LogP contribution in [0.2, 0.25) is 0 Å². The van der Waals surface area contributed by atoms with Gasteiger partial charge in [-0.25, -0.2) is 0 Å². The number of hydrogen-bond donors (Lipinski definition) is 1. The van der Waals surface area contributed by atoms with Crippen molar-refractivity contribution in [3.05, 3.63) is 0 Å². The quantitative estimate of drug-likeness (QED) is 0.473. The average molecular weight is 366 g/mol. The van der Waals surface area contributed by atoms with E-state index in [1.54, 1.807) is 0 Å². The van der Waals surface area contributed by atoms with E-state index in [0.29, 0.717) is 11.8 Å². The highest BCUT2D eigenvalue weighted by Crippen LogP contribution is 2.53. The summed E-state index contributed by atoms with van der Waals surface area (Å²) in [6.45, 7) is 5.97. The standard InChI is InChI=1S/C14H23IO3/c1-4-13(3,15)12(16)18-11-7-10-6-9(11)8-14(10,17)5-2/h9-11,17H,4-8H2,1-3H3. The Morgan fingerprint density at radius 1 is 1.50 bits per heavy atom. The van der Waals surface area contributed by atoms with E-state index in [-0.39, 0.29) is 12.1 Å². The summed E-state index contributed by atoms with van der Waals surface area (Å²) in [5.74, 6) is 0.600. The first kappa shape index (κ1) is 14.6. The Labute approximate surface area is 123 Å². The van der Waals surface area contributed by atoms with Crippen molar-refractivity contribution in [3.63, 3.8) is 0 Å². The monoisotopic (exact) mass is 366 g/mol. The van der Waals surface area contributed by atoms with Crippen molar-refractivity contribution in [2.75, 3.05) is 0 Å². The lowest BCUT2D eigenvalue weighted by atomic mass is 9.81. The molecular formula is C14H23IO3. The van der Waals surface area contributed by atoms with E-state index in [9.17, 15) is 9.90 Å². The molecule has 5 atom stereocenters. The Hall–Kier alpha value is 0.160.